The predicted molar refractivity (Wildman–Crippen MR) is 59.7 cm³/mol. The maximum Gasteiger partial charge on any atom is 0.324 e. The molecule has 16 heavy (non-hydrogen) atoms. The highest BCUT2D eigenvalue weighted by Gasteiger charge is 2.38. The summed E-state index contributed by atoms with van der Waals surface area (Å²) < 4.78 is 0. The van der Waals surface area contributed by atoms with Crippen LogP contribution >= 0.6 is 0 Å². The smallest absolute Gasteiger partial charge is 0.324 e. The van der Waals surface area contributed by atoms with Crippen LogP contribution in [0.5, 0.6) is 0 Å². The average molecular weight is 225 g/mol. The molecule has 0 aromatic heterocycles. The first kappa shape index (κ1) is 11.4. The van der Waals surface area contributed by atoms with Gasteiger partial charge in [0.25, 0.3) is 0 Å². The summed E-state index contributed by atoms with van der Waals surface area (Å²) in [6.07, 6.45) is 5.34. The molecule has 3 N–H and O–H groups in total. The van der Waals surface area contributed by atoms with Gasteiger partial charge in [-0.25, -0.2) is 4.79 Å². The number of imide groups is 1. The number of hydrogen-bond donors (Lipinski definition) is 2. The zero-order valence-electron chi connectivity index (χ0n) is 9.45. The lowest BCUT2D eigenvalue weighted by molar-refractivity contribution is -0.127. The second-order valence-corrected chi connectivity index (χ2v) is 4.62. The molecule has 2 atom stereocenters. The van der Waals surface area contributed by atoms with E-state index in [1.54, 1.807) is 0 Å². The maximum atomic E-state index is 11.7. The van der Waals surface area contributed by atoms with Crippen LogP contribution in [0.25, 0.3) is 0 Å². The number of hydrogen-bond acceptors (Lipinski definition) is 3. The molecule has 2 unspecified atom stereocenters. The van der Waals surface area contributed by atoms with E-state index >= 15 is 0 Å². The van der Waals surface area contributed by atoms with Gasteiger partial charge < -0.3 is 11.1 Å². The molecular weight excluding hydrogens is 206 g/mol. The summed E-state index contributed by atoms with van der Waals surface area (Å²) in [6.45, 7) is 0.703. The van der Waals surface area contributed by atoms with Crippen LogP contribution in [0.4, 0.5) is 4.79 Å². The Morgan fingerprint density at radius 1 is 1.25 bits per heavy atom. The number of carbonyl (C=O) groups is 2. The van der Waals surface area contributed by atoms with E-state index in [0.29, 0.717) is 6.54 Å². The van der Waals surface area contributed by atoms with Crippen LogP contribution < -0.4 is 11.1 Å². The lowest BCUT2D eigenvalue weighted by atomic mass is 9.93. The summed E-state index contributed by atoms with van der Waals surface area (Å²) in [5, 5.41) is 2.58. The van der Waals surface area contributed by atoms with Gasteiger partial charge in [-0.1, -0.05) is 19.3 Å². The van der Waals surface area contributed by atoms with Crippen LogP contribution in [-0.4, -0.2) is 36.0 Å². The van der Waals surface area contributed by atoms with E-state index in [1.807, 2.05) is 0 Å². The molecule has 1 saturated carbocycles. The van der Waals surface area contributed by atoms with Crippen molar-refractivity contribution in [1.29, 1.82) is 0 Å². The van der Waals surface area contributed by atoms with Crippen molar-refractivity contribution in [2.45, 2.75) is 38.1 Å². The topological polar surface area (TPSA) is 75.4 Å². The first-order chi connectivity index (χ1) is 7.74. The third-order valence-corrected chi connectivity index (χ3v) is 3.63. The summed E-state index contributed by atoms with van der Waals surface area (Å²) in [6, 6.07) is -0.224. The van der Waals surface area contributed by atoms with Gasteiger partial charge in [-0.2, -0.15) is 0 Å². The number of carbonyl (C=O) groups excluding carboxylic acids is 2. The fourth-order valence-electron chi connectivity index (χ4n) is 2.75. The van der Waals surface area contributed by atoms with E-state index < -0.39 is 0 Å². The lowest BCUT2D eigenvalue weighted by Crippen LogP contribution is -2.46. The van der Waals surface area contributed by atoms with E-state index in [0.717, 1.165) is 25.7 Å². The van der Waals surface area contributed by atoms with E-state index in [2.05, 4.69) is 5.32 Å². The Hall–Kier alpha value is -1.10. The zero-order chi connectivity index (χ0) is 11.5. The van der Waals surface area contributed by atoms with Gasteiger partial charge in [0, 0.05) is 6.04 Å². The Balaban J connectivity index is 2.15. The fourth-order valence-corrected chi connectivity index (χ4v) is 2.75. The molecule has 90 valence electrons. The fraction of sp³-hybridized carbons (Fsp3) is 0.818. The number of amides is 3. The van der Waals surface area contributed by atoms with Crippen LogP contribution in [0.15, 0.2) is 0 Å². The van der Waals surface area contributed by atoms with Crippen LogP contribution in [-0.2, 0) is 4.79 Å². The molecule has 1 aliphatic carbocycles. The molecule has 5 heteroatoms. The Labute approximate surface area is 95.3 Å². The molecule has 2 aliphatic rings. The van der Waals surface area contributed by atoms with Crippen molar-refractivity contribution in [2.24, 2.45) is 11.7 Å². The van der Waals surface area contributed by atoms with Gasteiger partial charge in [0.05, 0.1) is 6.54 Å². The third-order valence-electron chi connectivity index (χ3n) is 3.63. The lowest BCUT2D eigenvalue weighted by Gasteiger charge is -2.30. The molecule has 3 amide bonds. The second-order valence-electron chi connectivity index (χ2n) is 4.62. The second kappa shape index (κ2) is 4.82. The highest BCUT2D eigenvalue weighted by Crippen LogP contribution is 2.28. The number of nitrogens with two attached hydrogens (primary N) is 1. The SMILES string of the molecule is NCC1CCCCCC1N1C(=O)CNC1=O. The van der Waals surface area contributed by atoms with Gasteiger partial charge in [0.15, 0.2) is 0 Å². The summed E-state index contributed by atoms with van der Waals surface area (Å²) >= 11 is 0. The van der Waals surface area contributed by atoms with Crippen LogP contribution in [0.3, 0.4) is 0 Å². The molecule has 2 fully saturated rings. The number of nitrogens with one attached hydrogen (secondary N) is 1. The van der Waals surface area contributed by atoms with Crippen molar-refractivity contribution >= 4 is 11.9 Å². The van der Waals surface area contributed by atoms with Gasteiger partial charge in [-0.05, 0) is 25.3 Å². The monoisotopic (exact) mass is 225 g/mol. The van der Waals surface area contributed by atoms with E-state index in [1.165, 1.54) is 11.3 Å². The largest absolute Gasteiger partial charge is 0.330 e. The minimum atomic E-state index is -0.240. The first-order valence-corrected chi connectivity index (χ1v) is 6.04. The molecule has 1 heterocycles. The van der Waals surface area contributed by atoms with E-state index in [4.69, 9.17) is 5.73 Å². The standard InChI is InChI=1S/C11H19N3O2/c12-6-8-4-2-1-3-5-9(8)14-10(15)7-13-11(14)16/h8-9H,1-7,12H2,(H,13,16). The molecule has 0 radical (unpaired) electrons. The van der Waals surface area contributed by atoms with Crippen molar-refractivity contribution in [2.75, 3.05) is 13.1 Å². The Kier molecular flexibility index (Phi) is 3.43. The van der Waals surface area contributed by atoms with Gasteiger partial charge in [-0.15, -0.1) is 0 Å². The van der Waals surface area contributed by atoms with Gasteiger partial charge in [0.2, 0.25) is 5.91 Å². The molecule has 0 aromatic carbocycles. The number of nitrogens with zero attached hydrogens (tertiary/aromatic N) is 1. The Morgan fingerprint density at radius 2 is 2.00 bits per heavy atom. The molecular formula is C11H19N3O2. The van der Waals surface area contributed by atoms with E-state index in [9.17, 15) is 9.59 Å². The molecule has 0 aromatic rings. The van der Waals surface area contributed by atoms with Crippen molar-refractivity contribution < 1.29 is 9.59 Å². The Bertz CT molecular complexity index is 277. The molecule has 0 bridgehead atoms. The average Bonchev–Trinajstić information content (AvgIpc) is 2.52. The van der Waals surface area contributed by atoms with Gasteiger partial charge in [0.1, 0.15) is 0 Å². The van der Waals surface area contributed by atoms with Crippen molar-refractivity contribution in [3.05, 3.63) is 0 Å². The molecule has 1 saturated heterocycles. The van der Waals surface area contributed by atoms with E-state index in [-0.39, 0.29) is 30.4 Å². The van der Waals surface area contributed by atoms with Crippen LogP contribution in [0, 0.1) is 5.92 Å². The third kappa shape index (κ3) is 2.04. The number of rotatable bonds is 2. The summed E-state index contributed by atoms with van der Waals surface area (Å²) in [4.78, 5) is 24.7. The van der Waals surface area contributed by atoms with Gasteiger partial charge in [-0.3, -0.25) is 9.69 Å². The summed E-state index contributed by atoms with van der Waals surface area (Å²) in [5.74, 6) is 0.172. The summed E-state index contributed by atoms with van der Waals surface area (Å²) in [7, 11) is 0. The number of urea groups is 1. The Morgan fingerprint density at radius 3 is 2.62 bits per heavy atom. The minimum Gasteiger partial charge on any atom is -0.330 e. The minimum absolute atomic E-state index is 0.0162. The first-order valence-electron chi connectivity index (χ1n) is 6.04. The van der Waals surface area contributed by atoms with Crippen LogP contribution in [0.2, 0.25) is 0 Å². The highest BCUT2D eigenvalue weighted by atomic mass is 16.2. The molecule has 5 nitrogen and oxygen atoms in total. The predicted octanol–water partition coefficient (Wildman–Crippen LogP) is 0.446. The maximum absolute atomic E-state index is 11.7. The molecule has 0 spiro atoms. The molecule has 1 aliphatic heterocycles. The molecule has 2 rings (SSSR count). The zero-order valence-corrected chi connectivity index (χ0v) is 9.45. The normalized spacial score (nSPS) is 31.4. The van der Waals surface area contributed by atoms with Gasteiger partial charge >= 0.3 is 6.03 Å². The van der Waals surface area contributed by atoms with Crippen molar-refractivity contribution in [1.82, 2.24) is 10.2 Å². The van der Waals surface area contributed by atoms with Crippen molar-refractivity contribution in [3.63, 3.8) is 0 Å². The van der Waals surface area contributed by atoms with Crippen LogP contribution in [0.1, 0.15) is 32.1 Å². The van der Waals surface area contributed by atoms with Crippen molar-refractivity contribution in [3.8, 4) is 0 Å². The highest BCUT2D eigenvalue weighted by molar-refractivity contribution is 6.02. The summed E-state index contributed by atoms with van der Waals surface area (Å²) in [5.41, 5.74) is 5.75. The quantitative estimate of drug-likeness (QED) is 0.529.